The van der Waals surface area contributed by atoms with Crippen molar-refractivity contribution in [3.05, 3.63) is 23.4 Å². The Morgan fingerprint density at radius 2 is 2.15 bits per heavy atom. The second-order valence-corrected chi connectivity index (χ2v) is 5.54. The molecule has 1 aromatic heterocycles. The number of aromatic nitrogens is 2. The van der Waals surface area contributed by atoms with E-state index in [1.54, 1.807) is 6.92 Å². The fourth-order valence-corrected chi connectivity index (χ4v) is 2.95. The van der Waals surface area contributed by atoms with E-state index in [9.17, 15) is 4.79 Å². The van der Waals surface area contributed by atoms with Crippen LogP contribution >= 0.6 is 11.6 Å². The minimum Gasteiger partial charge on any atom is -0.369 e. The molecule has 0 unspecified atom stereocenters. The number of carbonyl (C=O) groups is 1. The van der Waals surface area contributed by atoms with Gasteiger partial charge >= 0.3 is 0 Å². The van der Waals surface area contributed by atoms with Crippen molar-refractivity contribution in [1.82, 2.24) is 15.1 Å². The van der Waals surface area contributed by atoms with Crippen LogP contribution in [-0.2, 0) is 4.79 Å². The molecule has 0 saturated carbocycles. The minimum absolute atomic E-state index is 0.145. The van der Waals surface area contributed by atoms with Gasteiger partial charge in [0.2, 0.25) is 5.91 Å². The lowest BCUT2D eigenvalue weighted by Crippen LogP contribution is -2.33. The van der Waals surface area contributed by atoms with Gasteiger partial charge in [-0.15, -0.1) is 0 Å². The van der Waals surface area contributed by atoms with Crippen molar-refractivity contribution < 1.29 is 4.79 Å². The average Bonchev–Trinajstić information content (AvgIpc) is 2.73. The molecule has 20 heavy (non-hydrogen) atoms. The summed E-state index contributed by atoms with van der Waals surface area (Å²) in [4.78, 5) is 15.7. The number of nitrogens with one attached hydrogen (secondary N) is 1. The molecule has 1 aromatic carbocycles. The highest BCUT2D eigenvalue weighted by Gasteiger charge is 2.19. The molecule has 0 atom stereocenters. The van der Waals surface area contributed by atoms with E-state index in [-0.39, 0.29) is 5.91 Å². The number of aromatic amines is 1. The molecule has 1 amide bonds. The fourth-order valence-electron chi connectivity index (χ4n) is 2.73. The van der Waals surface area contributed by atoms with Gasteiger partial charge in [0, 0.05) is 49.2 Å². The van der Waals surface area contributed by atoms with Gasteiger partial charge in [0.25, 0.3) is 0 Å². The minimum atomic E-state index is 0.145. The molecule has 2 heterocycles. The molecule has 5 nitrogen and oxygen atoms in total. The van der Waals surface area contributed by atoms with Crippen LogP contribution in [0.5, 0.6) is 0 Å². The average molecular weight is 293 g/mol. The lowest BCUT2D eigenvalue weighted by Gasteiger charge is -2.24. The van der Waals surface area contributed by atoms with Gasteiger partial charge in [-0.25, -0.2) is 0 Å². The lowest BCUT2D eigenvalue weighted by atomic mass is 10.2. The number of anilines is 1. The standard InChI is InChI=1S/C14H17ClN4O/c1-10(20)18-3-2-4-19(6-5-18)14-8-11(15)7-13-12(14)9-16-17-13/h7-9H,2-6H2,1H3,(H,16,17). The second-order valence-electron chi connectivity index (χ2n) is 5.10. The number of halogens is 1. The number of H-pyrrole nitrogens is 1. The SMILES string of the molecule is CC(=O)N1CCCN(c2cc(Cl)cc3[nH]ncc23)CC1. The molecule has 0 bridgehead atoms. The maximum atomic E-state index is 11.5. The Balaban J connectivity index is 1.91. The molecule has 0 aliphatic carbocycles. The van der Waals surface area contributed by atoms with E-state index in [4.69, 9.17) is 11.6 Å². The number of hydrogen-bond acceptors (Lipinski definition) is 3. The molecular formula is C14H17ClN4O. The molecule has 1 aliphatic heterocycles. The Hall–Kier alpha value is -1.75. The van der Waals surface area contributed by atoms with E-state index >= 15 is 0 Å². The first kappa shape index (κ1) is 13.2. The summed E-state index contributed by atoms with van der Waals surface area (Å²) in [6.45, 7) is 4.94. The van der Waals surface area contributed by atoms with Gasteiger partial charge in [-0.1, -0.05) is 11.6 Å². The van der Waals surface area contributed by atoms with Crippen LogP contribution in [0.4, 0.5) is 5.69 Å². The molecule has 1 N–H and O–H groups in total. The third kappa shape index (κ3) is 2.45. The van der Waals surface area contributed by atoms with E-state index in [2.05, 4.69) is 15.1 Å². The highest BCUT2D eigenvalue weighted by Crippen LogP contribution is 2.30. The Bertz CT molecular complexity index is 639. The Labute approximate surface area is 122 Å². The van der Waals surface area contributed by atoms with Crippen LogP contribution in [0, 0.1) is 0 Å². The first-order valence-electron chi connectivity index (χ1n) is 6.78. The van der Waals surface area contributed by atoms with E-state index in [1.165, 1.54) is 0 Å². The number of carbonyl (C=O) groups excluding carboxylic acids is 1. The molecule has 0 spiro atoms. The van der Waals surface area contributed by atoms with Crippen LogP contribution in [0.1, 0.15) is 13.3 Å². The van der Waals surface area contributed by atoms with Gasteiger partial charge in [-0.05, 0) is 18.6 Å². The molecule has 1 aliphatic rings. The maximum absolute atomic E-state index is 11.5. The number of hydrogen-bond donors (Lipinski definition) is 1. The third-order valence-electron chi connectivity index (χ3n) is 3.78. The van der Waals surface area contributed by atoms with Gasteiger partial charge in [-0.2, -0.15) is 5.10 Å². The number of rotatable bonds is 1. The molecule has 3 rings (SSSR count). The quantitative estimate of drug-likeness (QED) is 0.877. The van der Waals surface area contributed by atoms with Crippen LogP contribution in [0.25, 0.3) is 10.9 Å². The number of benzene rings is 1. The summed E-state index contributed by atoms with van der Waals surface area (Å²) < 4.78 is 0. The van der Waals surface area contributed by atoms with Gasteiger partial charge in [0.05, 0.1) is 11.7 Å². The summed E-state index contributed by atoms with van der Waals surface area (Å²) in [6, 6.07) is 3.86. The molecule has 2 aromatic rings. The first-order valence-corrected chi connectivity index (χ1v) is 7.16. The van der Waals surface area contributed by atoms with Gasteiger partial charge in [0.15, 0.2) is 0 Å². The smallest absolute Gasteiger partial charge is 0.219 e. The van der Waals surface area contributed by atoms with Crippen molar-refractivity contribution in [1.29, 1.82) is 0 Å². The molecule has 0 radical (unpaired) electrons. The zero-order chi connectivity index (χ0) is 14.1. The van der Waals surface area contributed by atoms with Gasteiger partial charge in [0.1, 0.15) is 0 Å². The van der Waals surface area contributed by atoms with Crippen molar-refractivity contribution in [2.75, 3.05) is 31.1 Å². The Kier molecular flexibility index (Phi) is 3.53. The van der Waals surface area contributed by atoms with Crippen molar-refractivity contribution in [2.45, 2.75) is 13.3 Å². The van der Waals surface area contributed by atoms with Crippen LogP contribution < -0.4 is 4.90 Å². The summed E-state index contributed by atoms with van der Waals surface area (Å²) in [6.07, 6.45) is 2.79. The topological polar surface area (TPSA) is 52.2 Å². The maximum Gasteiger partial charge on any atom is 0.219 e. The highest BCUT2D eigenvalue weighted by atomic mass is 35.5. The molecule has 1 fully saturated rings. The molecule has 106 valence electrons. The molecule has 1 saturated heterocycles. The van der Waals surface area contributed by atoms with Crippen molar-refractivity contribution in [3.8, 4) is 0 Å². The highest BCUT2D eigenvalue weighted by molar-refractivity contribution is 6.31. The normalized spacial score (nSPS) is 16.5. The first-order chi connectivity index (χ1) is 9.65. The number of amides is 1. The number of nitrogens with zero attached hydrogens (tertiary/aromatic N) is 3. The number of fused-ring (bicyclic) bond motifs is 1. The Morgan fingerprint density at radius 3 is 2.95 bits per heavy atom. The van der Waals surface area contributed by atoms with Crippen LogP contribution in [0.2, 0.25) is 5.02 Å². The molecular weight excluding hydrogens is 276 g/mol. The van der Waals surface area contributed by atoms with Crippen molar-refractivity contribution in [3.63, 3.8) is 0 Å². The van der Waals surface area contributed by atoms with Crippen molar-refractivity contribution in [2.24, 2.45) is 0 Å². The predicted molar refractivity (Wildman–Crippen MR) is 80.2 cm³/mol. The van der Waals surface area contributed by atoms with E-state index in [0.29, 0.717) is 5.02 Å². The van der Waals surface area contributed by atoms with E-state index in [1.807, 2.05) is 23.2 Å². The van der Waals surface area contributed by atoms with Crippen LogP contribution in [-0.4, -0.2) is 47.2 Å². The van der Waals surface area contributed by atoms with Crippen molar-refractivity contribution >= 4 is 34.1 Å². The summed E-state index contributed by atoms with van der Waals surface area (Å²) in [5.41, 5.74) is 2.03. The van der Waals surface area contributed by atoms with Gasteiger partial charge in [-0.3, -0.25) is 9.89 Å². The summed E-state index contributed by atoms with van der Waals surface area (Å²) in [7, 11) is 0. The monoisotopic (exact) mass is 292 g/mol. The third-order valence-corrected chi connectivity index (χ3v) is 4.00. The Morgan fingerprint density at radius 1 is 1.30 bits per heavy atom. The molecule has 6 heteroatoms. The van der Waals surface area contributed by atoms with E-state index < -0.39 is 0 Å². The van der Waals surface area contributed by atoms with E-state index in [0.717, 1.165) is 49.2 Å². The second kappa shape index (κ2) is 5.32. The van der Waals surface area contributed by atoms with Crippen LogP contribution in [0.15, 0.2) is 18.3 Å². The van der Waals surface area contributed by atoms with Gasteiger partial charge < -0.3 is 9.80 Å². The fraction of sp³-hybridized carbons (Fsp3) is 0.429. The summed E-state index contributed by atoms with van der Waals surface area (Å²) in [5, 5.41) is 8.82. The lowest BCUT2D eigenvalue weighted by molar-refractivity contribution is -0.128. The largest absolute Gasteiger partial charge is 0.369 e. The summed E-state index contributed by atoms with van der Waals surface area (Å²) >= 11 is 6.18. The zero-order valence-corrected chi connectivity index (χ0v) is 12.2. The zero-order valence-electron chi connectivity index (χ0n) is 11.4. The predicted octanol–water partition coefficient (Wildman–Crippen LogP) is 2.27. The van der Waals surface area contributed by atoms with Crippen LogP contribution in [0.3, 0.4) is 0 Å². The summed E-state index contributed by atoms with van der Waals surface area (Å²) in [5.74, 6) is 0.145.